The Labute approximate surface area is 129 Å². The van der Waals surface area contributed by atoms with E-state index in [4.69, 9.17) is 14.6 Å². The van der Waals surface area contributed by atoms with Crippen LogP contribution in [0.25, 0.3) is 6.08 Å². The van der Waals surface area contributed by atoms with Crippen molar-refractivity contribution in [3.05, 3.63) is 35.4 Å². The van der Waals surface area contributed by atoms with Gasteiger partial charge in [0.15, 0.2) is 0 Å². The molecule has 2 atom stereocenters. The summed E-state index contributed by atoms with van der Waals surface area (Å²) in [7, 11) is 1.63. The third-order valence-corrected chi connectivity index (χ3v) is 5.04. The van der Waals surface area contributed by atoms with Crippen LogP contribution in [0.15, 0.2) is 24.3 Å². The zero-order valence-corrected chi connectivity index (χ0v) is 13.1. The Morgan fingerprint density at radius 1 is 1.57 bits per heavy atom. The zero-order valence-electron chi connectivity index (χ0n) is 12.2. The van der Waals surface area contributed by atoms with Crippen LogP contribution in [-0.2, 0) is 15.3 Å². The predicted octanol–water partition coefficient (Wildman–Crippen LogP) is 3.20. The third-order valence-electron chi connectivity index (χ3n) is 3.52. The van der Waals surface area contributed by atoms with E-state index >= 15 is 0 Å². The van der Waals surface area contributed by atoms with Crippen molar-refractivity contribution >= 4 is 23.8 Å². The topological polar surface area (TPSA) is 55.8 Å². The van der Waals surface area contributed by atoms with Gasteiger partial charge in [0.1, 0.15) is 5.75 Å². The van der Waals surface area contributed by atoms with E-state index in [1.807, 2.05) is 30.0 Å². The number of rotatable bonds is 6. The summed E-state index contributed by atoms with van der Waals surface area (Å²) in [5.41, 5.74) is 1.99. The molecule has 1 saturated heterocycles. The summed E-state index contributed by atoms with van der Waals surface area (Å²) in [6.45, 7) is 2.92. The van der Waals surface area contributed by atoms with Crippen molar-refractivity contribution in [2.24, 2.45) is 0 Å². The zero-order chi connectivity index (χ0) is 15.2. The number of ether oxygens (including phenoxy) is 2. The lowest BCUT2D eigenvalue weighted by molar-refractivity contribution is -0.131. The Morgan fingerprint density at radius 2 is 2.38 bits per heavy atom. The predicted molar refractivity (Wildman–Crippen MR) is 84.8 cm³/mol. The second-order valence-electron chi connectivity index (χ2n) is 4.95. The minimum Gasteiger partial charge on any atom is -0.497 e. The first-order valence-corrected chi connectivity index (χ1v) is 7.96. The molecule has 5 heteroatoms. The number of hydrogen-bond acceptors (Lipinski definition) is 4. The van der Waals surface area contributed by atoms with Crippen molar-refractivity contribution in [1.29, 1.82) is 0 Å². The number of carbonyl (C=O) groups is 1. The highest BCUT2D eigenvalue weighted by atomic mass is 32.2. The van der Waals surface area contributed by atoms with Gasteiger partial charge in [-0.25, -0.2) is 4.79 Å². The standard InChI is InChI=1S/C16H20O4S/c1-11-15(7-8-20-11)21-10-13-9-14(19-2)5-3-12(13)4-6-16(17)18/h3-6,9,11,15H,7-8,10H2,1-2H3,(H,17,18)/b6-4+. The molecule has 0 radical (unpaired) electrons. The first-order valence-electron chi connectivity index (χ1n) is 6.91. The molecule has 0 bridgehead atoms. The van der Waals surface area contributed by atoms with Crippen LogP contribution in [0, 0.1) is 0 Å². The molecule has 0 saturated carbocycles. The molecule has 0 aliphatic carbocycles. The molecule has 114 valence electrons. The molecule has 2 unspecified atom stereocenters. The number of carboxylic acids is 1. The molecule has 1 N–H and O–H groups in total. The summed E-state index contributed by atoms with van der Waals surface area (Å²) >= 11 is 1.85. The van der Waals surface area contributed by atoms with Crippen molar-refractivity contribution < 1.29 is 19.4 Å². The maximum absolute atomic E-state index is 10.7. The van der Waals surface area contributed by atoms with Gasteiger partial charge in [0.05, 0.1) is 13.2 Å². The SMILES string of the molecule is COc1ccc(/C=C/C(=O)O)c(CSC2CCOC2C)c1. The van der Waals surface area contributed by atoms with Crippen molar-refractivity contribution in [3.63, 3.8) is 0 Å². The summed E-state index contributed by atoms with van der Waals surface area (Å²) in [6, 6.07) is 5.70. The minimum atomic E-state index is -0.942. The highest BCUT2D eigenvalue weighted by molar-refractivity contribution is 7.99. The molecular weight excluding hydrogens is 288 g/mol. The van der Waals surface area contributed by atoms with Crippen LogP contribution in [0.4, 0.5) is 0 Å². The van der Waals surface area contributed by atoms with E-state index in [0.717, 1.165) is 41.7 Å². The number of aliphatic carboxylic acids is 1. The second kappa shape index (κ2) is 7.52. The van der Waals surface area contributed by atoms with Gasteiger partial charge in [-0.1, -0.05) is 6.07 Å². The van der Waals surface area contributed by atoms with Gasteiger partial charge in [0.2, 0.25) is 0 Å². The maximum atomic E-state index is 10.7. The van der Waals surface area contributed by atoms with E-state index in [1.165, 1.54) is 0 Å². The van der Waals surface area contributed by atoms with Crippen LogP contribution >= 0.6 is 11.8 Å². The maximum Gasteiger partial charge on any atom is 0.328 e. The molecule has 1 aliphatic rings. The fourth-order valence-electron chi connectivity index (χ4n) is 2.29. The van der Waals surface area contributed by atoms with Gasteiger partial charge in [-0.2, -0.15) is 11.8 Å². The Balaban J connectivity index is 2.12. The lowest BCUT2D eigenvalue weighted by Gasteiger charge is -2.15. The highest BCUT2D eigenvalue weighted by Gasteiger charge is 2.24. The van der Waals surface area contributed by atoms with E-state index in [9.17, 15) is 4.79 Å². The largest absolute Gasteiger partial charge is 0.497 e. The molecule has 1 aromatic carbocycles. The van der Waals surface area contributed by atoms with E-state index in [1.54, 1.807) is 13.2 Å². The lowest BCUT2D eigenvalue weighted by atomic mass is 10.1. The van der Waals surface area contributed by atoms with Crippen LogP contribution in [-0.4, -0.2) is 36.1 Å². The first-order chi connectivity index (χ1) is 10.1. The normalized spacial score (nSPS) is 21.8. The fourth-order valence-corrected chi connectivity index (χ4v) is 3.54. The van der Waals surface area contributed by atoms with Crippen LogP contribution in [0.3, 0.4) is 0 Å². The number of benzene rings is 1. The van der Waals surface area contributed by atoms with E-state index < -0.39 is 5.97 Å². The molecular formula is C16H20O4S. The van der Waals surface area contributed by atoms with Crippen LogP contribution in [0.1, 0.15) is 24.5 Å². The summed E-state index contributed by atoms with van der Waals surface area (Å²) < 4.78 is 10.8. The van der Waals surface area contributed by atoms with Gasteiger partial charge in [-0.05, 0) is 42.7 Å². The van der Waals surface area contributed by atoms with Crippen molar-refractivity contribution in [2.45, 2.75) is 30.5 Å². The monoisotopic (exact) mass is 308 g/mol. The quantitative estimate of drug-likeness (QED) is 0.818. The molecule has 0 aromatic heterocycles. The molecule has 21 heavy (non-hydrogen) atoms. The Morgan fingerprint density at radius 3 is 3.00 bits per heavy atom. The summed E-state index contributed by atoms with van der Waals surface area (Å²) in [5.74, 6) is 0.658. The summed E-state index contributed by atoms with van der Waals surface area (Å²) in [4.78, 5) is 10.7. The minimum absolute atomic E-state index is 0.276. The van der Waals surface area contributed by atoms with Crippen molar-refractivity contribution in [2.75, 3.05) is 13.7 Å². The van der Waals surface area contributed by atoms with Gasteiger partial charge in [0.25, 0.3) is 0 Å². The van der Waals surface area contributed by atoms with Gasteiger partial charge in [-0.3, -0.25) is 0 Å². The summed E-state index contributed by atoms with van der Waals surface area (Å²) in [5, 5.41) is 9.26. The van der Waals surface area contributed by atoms with Gasteiger partial charge in [0, 0.05) is 23.7 Å². The molecule has 4 nitrogen and oxygen atoms in total. The number of carboxylic acid groups (broad SMARTS) is 1. The average Bonchev–Trinajstić information content (AvgIpc) is 2.88. The third kappa shape index (κ3) is 4.51. The molecule has 1 fully saturated rings. The van der Waals surface area contributed by atoms with Crippen molar-refractivity contribution in [1.82, 2.24) is 0 Å². The lowest BCUT2D eigenvalue weighted by Crippen LogP contribution is -2.13. The first kappa shape index (κ1) is 15.9. The van der Waals surface area contributed by atoms with Crippen LogP contribution in [0.2, 0.25) is 0 Å². The Hall–Kier alpha value is -1.46. The second-order valence-corrected chi connectivity index (χ2v) is 6.18. The van der Waals surface area contributed by atoms with Crippen LogP contribution in [0.5, 0.6) is 5.75 Å². The molecule has 0 spiro atoms. The average molecular weight is 308 g/mol. The molecule has 1 aromatic rings. The smallest absolute Gasteiger partial charge is 0.328 e. The van der Waals surface area contributed by atoms with Crippen molar-refractivity contribution in [3.8, 4) is 5.75 Å². The number of methoxy groups -OCH3 is 1. The molecule has 0 amide bonds. The number of thioether (sulfide) groups is 1. The van der Waals surface area contributed by atoms with Gasteiger partial charge >= 0.3 is 5.97 Å². The molecule has 1 heterocycles. The van der Waals surface area contributed by atoms with Crippen LogP contribution < -0.4 is 4.74 Å². The Bertz CT molecular complexity index is 527. The molecule has 1 aliphatic heterocycles. The van der Waals surface area contributed by atoms with Gasteiger partial charge in [-0.15, -0.1) is 0 Å². The van der Waals surface area contributed by atoms with E-state index in [2.05, 4.69) is 6.92 Å². The number of hydrogen-bond donors (Lipinski definition) is 1. The van der Waals surface area contributed by atoms with E-state index in [-0.39, 0.29) is 6.10 Å². The Kier molecular flexibility index (Phi) is 5.70. The van der Waals surface area contributed by atoms with Gasteiger partial charge < -0.3 is 14.6 Å². The van der Waals surface area contributed by atoms with E-state index in [0.29, 0.717) is 5.25 Å². The summed E-state index contributed by atoms with van der Waals surface area (Å²) in [6.07, 6.45) is 4.14. The highest BCUT2D eigenvalue weighted by Crippen LogP contribution is 2.31. The fraction of sp³-hybridized carbons (Fsp3) is 0.438. The molecule has 2 rings (SSSR count).